The molecule has 0 bridgehead atoms. The van der Waals surface area contributed by atoms with E-state index < -0.39 is 23.7 Å². The molecule has 2 aliphatic rings. The van der Waals surface area contributed by atoms with Crippen LogP contribution in [0.3, 0.4) is 0 Å². The second kappa shape index (κ2) is 8.46. The highest BCUT2D eigenvalue weighted by Crippen LogP contribution is 2.36. The molecule has 1 aromatic carbocycles. The number of ketones is 2. The third-order valence-corrected chi connectivity index (χ3v) is 5.80. The van der Waals surface area contributed by atoms with Crippen LogP contribution in [0, 0.1) is 11.8 Å². The molecule has 1 amide bonds. The second-order valence-electron chi connectivity index (χ2n) is 7.45. The van der Waals surface area contributed by atoms with Crippen molar-refractivity contribution in [2.24, 2.45) is 11.8 Å². The molecule has 1 aromatic rings. The number of rotatable bonds is 7. The van der Waals surface area contributed by atoms with Crippen LogP contribution in [0.1, 0.15) is 44.1 Å². The number of carbonyl (C=O) groups is 4. The molecule has 3 rings (SSSR count). The number of carboxylic acid groups (broad SMARTS) is 1. The zero-order valence-corrected chi connectivity index (χ0v) is 15.3. The van der Waals surface area contributed by atoms with Crippen LogP contribution in [0.5, 0.6) is 0 Å². The monoisotopic (exact) mass is 371 g/mol. The van der Waals surface area contributed by atoms with Crippen LogP contribution in [0.4, 0.5) is 0 Å². The van der Waals surface area contributed by atoms with Gasteiger partial charge in [-0.05, 0) is 37.7 Å². The average Bonchev–Trinajstić information content (AvgIpc) is 3.35. The lowest BCUT2D eigenvalue weighted by Gasteiger charge is -2.28. The van der Waals surface area contributed by atoms with Crippen molar-refractivity contribution in [2.75, 3.05) is 6.54 Å². The first-order chi connectivity index (χ1) is 13.0. The Kier molecular flexibility index (Phi) is 6.04. The minimum Gasteiger partial charge on any atom is -0.475 e. The first-order valence-electron chi connectivity index (χ1n) is 9.63. The fourth-order valence-corrected chi connectivity index (χ4v) is 4.40. The van der Waals surface area contributed by atoms with Crippen molar-refractivity contribution < 1.29 is 24.3 Å². The van der Waals surface area contributed by atoms with Gasteiger partial charge in [0.2, 0.25) is 5.91 Å². The molecule has 1 unspecified atom stereocenters. The topological polar surface area (TPSA) is 91.8 Å². The fourth-order valence-electron chi connectivity index (χ4n) is 4.40. The maximum Gasteiger partial charge on any atom is 0.374 e. The normalized spacial score (nSPS) is 24.7. The molecule has 2 fully saturated rings. The molecule has 1 heterocycles. The van der Waals surface area contributed by atoms with Gasteiger partial charge in [-0.1, -0.05) is 36.8 Å². The van der Waals surface area contributed by atoms with E-state index in [4.69, 9.17) is 5.11 Å². The molecule has 0 spiro atoms. The molecule has 1 aliphatic carbocycles. The first kappa shape index (κ1) is 19.3. The molecule has 0 aromatic heterocycles. The molecular weight excluding hydrogens is 346 g/mol. The van der Waals surface area contributed by atoms with E-state index in [2.05, 4.69) is 0 Å². The highest BCUT2D eigenvalue weighted by atomic mass is 16.4. The Morgan fingerprint density at radius 1 is 0.963 bits per heavy atom. The van der Waals surface area contributed by atoms with Crippen molar-refractivity contribution in [3.05, 3.63) is 35.9 Å². The summed E-state index contributed by atoms with van der Waals surface area (Å²) in [6.45, 7) is 0.393. The van der Waals surface area contributed by atoms with Crippen LogP contribution < -0.4 is 0 Å². The summed E-state index contributed by atoms with van der Waals surface area (Å²) < 4.78 is 0. The average molecular weight is 371 g/mol. The molecule has 6 heteroatoms. The largest absolute Gasteiger partial charge is 0.475 e. The van der Waals surface area contributed by atoms with Crippen molar-refractivity contribution in [3.63, 3.8) is 0 Å². The molecule has 1 N–H and O–H groups in total. The van der Waals surface area contributed by atoms with Crippen LogP contribution >= 0.6 is 0 Å². The molecule has 3 atom stereocenters. The van der Waals surface area contributed by atoms with Crippen LogP contribution in [-0.2, 0) is 25.6 Å². The quantitative estimate of drug-likeness (QED) is 0.742. The van der Waals surface area contributed by atoms with Crippen molar-refractivity contribution in [2.45, 2.75) is 51.0 Å². The molecule has 1 aliphatic heterocycles. The predicted molar refractivity (Wildman–Crippen MR) is 98.0 cm³/mol. The highest BCUT2D eigenvalue weighted by Gasteiger charge is 2.44. The zero-order valence-electron chi connectivity index (χ0n) is 15.3. The van der Waals surface area contributed by atoms with Gasteiger partial charge in [0.15, 0.2) is 0 Å². The summed E-state index contributed by atoms with van der Waals surface area (Å²) >= 11 is 0. The van der Waals surface area contributed by atoms with Gasteiger partial charge < -0.3 is 10.0 Å². The number of aliphatic carboxylic acids is 1. The highest BCUT2D eigenvalue weighted by molar-refractivity contribution is 6.35. The van der Waals surface area contributed by atoms with Gasteiger partial charge in [0.25, 0.3) is 5.78 Å². The Morgan fingerprint density at radius 3 is 2.37 bits per heavy atom. The number of hydrogen-bond donors (Lipinski definition) is 1. The molecule has 0 radical (unpaired) electrons. The number of carboxylic acids is 1. The van der Waals surface area contributed by atoms with Gasteiger partial charge >= 0.3 is 5.97 Å². The van der Waals surface area contributed by atoms with E-state index in [1.54, 1.807) is 0 Å². The number of aryl methyl sites for hydroxylation is 1. The van der Waals surface area contributed by atoms with Gasteiger partial charge in [-0.2, -0.15) is 0 Å². The van der Waals surface area contributed by atoms with Crippen molar-refractivity contribution >= 4 is 23.4 Å². The second-order valence-corrected chi connectivity index (χ2v) is 7.45. The van der Waals surface area contributed by atoms with E-state index >= 15 is 0 Å². The number of Topliss-reactive ketones (excluding diaryl/α,β-unsaturated/α-hetero) is 2. The lowest BCUT2D eigenvalue weighted by atomic mass is 9.87. The van der Waals surface area contributed by atoms with Gasteiger partial charge in [0, 0.05) is 24.8 Å². The van der Waals surface area contributed by atoms with Crippen LogP contribution in [-0.4, -0.2) is 46.0 Å². The molecule has 27 heavy (non-hydrogen) atoms. The number of benzene rings is 1. The Labute approximate surface area is 158 Å². The summed E-state index contributed by atoms with van der Waals surface area (Å²) in [5, 5.41) is 8.98. The maximum atomic E-state index is 13.0. The Hall–Kier alpha value is -2.50. The minimum absolute atomic E-state index is 0.0926. The summed E-state index contributed by atoms with van der Waals surface area (Å²) in [5.74, 6) is -3.29. The predicted octanol–water partition coefficient (Wildman–Crippen LogP) is 2.25. The third-order valence-electron chi connectivity index (χ3n) is 5.80. The van der Waals surface area contributed by atoms with E-state index in [-0.39, 0.29) is 17.6 Å². The zero-order chi connectivity index (χ0) is 19.4. The van der Waals surface area contributed by atoms with E-state index in [0.717, 1.165) is 12.0 Å². The van der Waals surface area contributed by atoms with E-state index in [0.29, 0.717) is 45.1 Å². The molecule has 1 saturated heterocycles. The Balaban J connectivity index is 1.64. The maximum absolute atomic E-state index is 13.0. The number of hydrogen-bond acceptors (Lipinski definition) is 4. The summed E-state index contributed by atoms with van der Waals surface area (Å²) in [6, 6.07) is 8.90. The number of nitrogens with zero attached hydrogens (tertiary/aromatic N) is 1. The molecule has 144 valence electrons. The third kappa shape index (κ3) is 4.26. The smallest absolute Gasteiger partial charge is 0.374 e. The van der Waals surface area contributed by atoms with Gasteiger partial charge in [0.1, 0.15) is 11.8 Å². The lowest BCUT2D eigenvalue weighted by Crippen LogP contribution is -2.47. The SMILES string of the molecule is O=C(O)C(=O)[C@@H]1CCCN1C(=O)C1CCC[C@H]1C(=O)CCc1ccccc1. The van der Waals surface area contributed by atoms with Gasteiger partial charge in [-0.25, -0.2) is 4.79 Å². The van der Waals surface area contributed by atoms with E-state index in [1.165, 1.54) is 4.90 Å². The number of carbonyl (C=O) groups excluding carboxylic acids is 3. The van der Waals surface area contributed by atoms with Gasteiger partial charge in [-0.15, -0.1) is 0 Å². The molecular formula is C21H25NO5. The summed E-state index contributed by atoms with van der Waals surface area (Å²) in [4.78, 5) is 50.1. The molecule has 1 saturated carbocycles. The lowest BCUT2D eigenvalue weighted by molar-refractivity contribution is -0.153. The van der Waals surface area contributed by atoms with Gasteiger partial charge in [-0.3, -0.25) is 14.4 Å². The van der Waals surface area contributed by atoms with Crippen LogP contribution in [0.25, 0.3) is 0 Å². The Morgan fingerprint density at radius 2 is 1.67 bits per heavy atom. The van der Waals surface area contributed by atoms with Crippen molar-refractivity contribution in [3.8, 4) is 0 Å². The Bertz CT molecular complexity index is 729. The van der Waals surface area contributed by atoms with Crippen molar-refractivity contribution in [1.82, 2.24) is 4.90 Å². The number of likely N-dealkylation sites (tertiary alicyclic amines) is 1. The first-order valence-corrected chi connectivity index (χ1v) is 9.63. The van der Waals surface area contributed by atoms with Crippen LogP contribution in [0.15, 0.2) is 30.3 Å². The van der Waals surface area contributed by atoms with E-state index in [1.807, 2.05) is 30.3 Å². The van der Waals surface area contributed by atoms with Crippen molar-refractivity contribution in [1.29, 1.82) is 0 Å². The number of amides is 1. The van der Waals surface area contributed by atoms with E-state index in [9.17, 15) is 19.2 Å². The minimum atomic E-state index is -1.50. The standard InChI is InChI=1S/C21H25NO5/c23-18(12-11-14-6-2-1-3-7-14)15-8-4-9-16(15)20(25)22-13-5-10-17(22)19(24)21(26)27/h1-3,6-7,15-17H,4-5,8-13H2,(H,26,27)/t15-,16?,17+/m1/s1. The summed E-state index contributed by atoms with van der Waals surface area (Å²) in [6.07, 6.45) is 4.19. The summed E-state index contributed by atoms with van der Waals surface area (Å²) in [7, 11) is 0. The van der Waals surface area contributed by atoms with Crippen LogP contribution in [0.2, 0.25) is 0 Å². The van der Waals surface area contributed by atoms with Gasteiger partial charge in [0.05, 0.1) is 0 Å². The molecule has 6 nitrogen and oxygen atoms in total. The fraction of sp³-hybridized carbons (Fsp3) is 0.524. The summed E-state index contributed by atoms with van der Waals surface area (Å²) in [5.41, 5.74) is 1.10.